The number of primary amides is 1. The Morgan fingerprint density at radius 1 is 0.913 bits per heavy atom. The lowest BCUT2D eigenvalue weighted by molar-refractivity contribution is -0.144. The maximum Gasteiger partial charge on any atom is 0.315 e. The number of amides is 5. The Bertz CT molecular complexity index is 1060. The van der Waals surface area contributed by atoms with Gasteiger partial charge in [-0.15, -0.1) is 0 Å². The minimum atomic E-state index is -1.08. The van der Waals surface area contributed by atoms with Crippen molar-refractivity contribution in [3.63, 3.8) is 0 Å². The Kier molecular flexibility index (Phi) is 14.7. The van der Waals surface area contributed by atoms with Gasteiger partial charge in [0.05, 0.1) is 6.04 Å². The number of likely N-dealkylation sites (tertiary alicyclic amines) is 1. The van der Waals surface area contributed by atoms with Crippen LogP contribution in [0.2, 0.25) is 0 Å². The highest BCUT2D eigenvalue weighted by Crippen LogP contribution is 2.36. The zero-order chi connectivity index (χ0) is 34.0. The summed E-state index contributed by atoms with van der Waals surface area (Å²) < 4.78 is 0. The third-order valence-electron chi connectivity index (χ3n) is 10.0. The fourth-order valence-electron chi connectivity index (χ4n) is 7.09. The van der Waals surface area contributed by atoms with E-state index in [4.69, 9.17) is 5.73 Å². The number of urea groups is 1. The molecule has 1 aliphatic heterocycles. The van der Waals surface area contributed by atoms with Gasteiger partial charge < -0.3 is 31.9 Å². The zero-order valence-electron chi connectivity index (χ0n) is 28.7. The molecule has 6 N–H and O–H groups in total. The number of hydrogen-bond acceptors (Lipinski definition) is 7. The molecule has 3 aliphatic rings. The van der Waals surface area contributed by atoms with Crippen LogP contribution in [0.15, 0.2) is 0 Å². The summed E-state index contributed by atoms with van der Waals surface area (Å²) in [7, 11) is 0. The maximum atomic E-state index is 14.3. The molecule has 0 spiro atoms. The second kappa shape index (κ2) is 17.7. The Morgan fingerprint density at radius 3 is 2.15 bits per heavy atom. The lowest BCUT2D eigenvalue weighted by atomic mass is 9.83. The van der Waals surface area contributed by atoms with Crippen molar-refractivity contribution in [2.75, 3.05) is 25.4 Å². The summed E-state index contributed by atoms with van der Waals surface area (Å²) in [6.07, 6.45) is 10.5. The number of nitrogens with two attached hydrogens (primary N) is 1. The van der Waals surface area contributed by atoms with Crippen LogP contribution in [0.1, 0.15) is 105 Å². The van der Waals surface area contributed by atoms with Crippen LogP contribution in [-0.2, 0) is 19.2 Å². The van der Waals surface area contributed by atoms with Gasteiger partial charge in [-0.1, -0.05) is 66.7 Å². The minimum absolute atomic E-state index is 0.0613. The number of rotatable bonds is 17. The highest BCUT2D eigenvalue weighted by molar-refractivity contribution is 7.80. The second-order valence-corrected chi connectivity index (χ2v) is 15.6. The van der Waals surface area contributed by atoms with Crippen molar-refractivity contribution in [3.05, 3.63) is 0 Å². The van der Waals surface area contributed by atoms with Crippen LogP contribution in [0.25, 0.3) is 0 Å². The van der Waals surface area contributed by atoms with Gasteiger partial charge in [0, 0.05) is 19.1 Å². The summed E-state index contributed by atoms with van der Waals surface area (Å²) in [6.45, 7) is 11.6. The first-order chi connectivity index (χ1) is 21.7. The van der Waals surface area contributed by atoms with E-state index >= 15 is 0 Å². The van der Waals surface area contributed by atoms with Gasteiger partial charge in [-0.05, 0) is 79.9 Å². The number of unbranched alkanes of at least 4 members (excludes halogenated alkanes) is 1. The molecule has 5 amide bonds. The van der Waals surface area contributed by atoms with Gasteiger partial charge >= 0.3 is 6.03 Å². The number of thiol groups is 1. The van der Waals surface area contributed by atoms with Gasteiger partial charge in [-0.2, -0.15) is 12.6 Å². The molecule has 1 saturated heterocycles. The summed E-state index contributed by atoms with van der Waals surface area (Å²) in [5.74, 6) is -1.25. The van der Waals surface area contributed by atoms with E-state index in [0.717, 1.165) is 63.7 Å². The van der Waals surface area contributed by atoms with Crippen LogP contribution in [-0.4, -0.2) is 84.0 Å². The first-order valence-electron chi connectivity index (χ1n) is 17.6. The first kappa shape index (κ1) is 38.1. The first-order valence-corrected chi connectivity index (χ1v) is 18.2. The molecule has 0 bridgehead atoms. The zero-order valence-corrected chi connectivity index (χ0v) is 29.6. The van der Waals surface area contributed by atoms with Crippen molar-refractivity contribution >= 4 is 42.2 Å². The molecule has 1 unspecified atom stereocenters. The average molecular weight is 665 g/mol. The van der Waals surface area contributed by atoms with Crippen LogP contribution < -0.4 is 27.0 Å². The molecule has 5 atom stereocenters. The predicted molar refractivity (Wildman–Crippen MR) is 183 cm³/mol. The van der Waals surface area contributed by atoms with Crippen molar-refractivity contribution in [1.29, 1.82) is 0 Å². The summed E-state index contributed by atoms with van der Waals surface area (Å²) in [6, 6.07) is -3.18. The molecule has 12 heteroatoms. The van der Waals surface area contributed by atoms with Crippen LogP contribution in [0.5, 0.6) is 0 Å². The third-order valence-corrected chi connectivity index (χ3v) is 10.4. The molecule has 1 heterocycles. The predicted octanol–water partition coefficient (Wildman–Crippen LogP) is 3.16. The van der Waals surface area contributed by atoms with Crippen LogP contribution in [0.3, 0.4) is 0 Å². The van der Waals surface area contributed by atoms with Gasteiger partial charge in [0.2, 0.25) is 17.6 Å². The lowest BCUT2D eigenvalue weighted by Crippen LogP contribution is -2.62. The average Bonchev–Trinajstić information content (AvgIpc) is 3.70. The summed E-state index contributed by atoms with van der Waals surface area (Å²) in [5, 5.41) is 12.5. The SMILES string of the molecule is CC(C)[C@H]1CCN(C(=O)[C@@H](NC(=O)N[C@H](CNCCCCS)C2CCCCC2)C(C)(C)C)[C@@H]1C(=O)NC(CC1CC1)C(=O)C(N)=O. The van der Waals surface area contributed by atoms with Crippen molar-refractivity contribution in [2.45, 2.75) is 129 Å². The van der Waals surface area contributed by atoms with E-state index in [-0.39, 0.29) is 29.7 Å². The highest BCUT2D eigenvalue weighted by Gasteiger charge is 2.48. The fraction of sp³-hybridized carbons (Fsp3) is 0.853. The number of nitrogens with zero attached hydrogens (tertiary/aromatic N) is 1. The van der Waals surface area contributed by atoms with Gasteiger partial charge in [0.1, 0.15) is 12.1 Å². The maximum absolute atomic E-state index is 14.3. The Balaban J connectivity index is 1.76. The van der Waals surface area contributed by atoms with Crippen LogP contribution in [0.4, 0.5) is 4.79 Å². The smallest absolute Gasteiger partial charge is 0.315 e. The lowest BCUT2D eigenvalue weighted by Gasteiger charge is -2.38. The third kappa shape index (κ3) is 11.1. The molecule has 46 heavy (non-hydrogen) atoms. The molecular formula is C34H60N6O5S. The van der Waals surface area contributed by atoms with Gasteiger partial charge in [0.15, 0.2) is 0 Å². The largest absolute Gasteiger partial charge is 0.363 e. The number of hydrogen-bond donors (Lipinski definition) is 6. The number of ketones is 1. The molecule has 11 nitrogen and oxygen atoms in total. The standard InChI is InChI=1S/C34H60N6O5S/c1-21(2)24-15-17-40(27(24)31(43)37-25(19-22-13-14-22)28(41)30(35)42)32(44)29(34(3,4)5)39-33(45)38-26(20-36-16-9-10-18-46)23-11-7-6-8-12-23/h21-27,29,36,46H,6-20H2,1-5H3,(H2,35,42)(H,37,43)(H2,38,39,45)/t24-,25?,26-,27+,29-/m1/s1. The van der Waals surface area contributed by atoms with E-state index in [2.05, 4.69) is 33.9 Å². The monoisotopic (exact) mass is 664 g/mol. The van der Waals surface area contributed by atoms with E-state index in [0.29, 0.717) is 31.8 Å². The number of Topliss-reactive ketones (excluding diaryl/α,β-unsaturated/α-hetero) is 1. The summed E-state index contributed by atoms with van der Waals surface area (Å²) in [5.41, 5.74) is 4.67. The highest BCUT2D eigenvalue weighted by atomic mass is 32.1. The van der Waals surface area contributed by atoms with Crippen molar-refractivity contribution < 1.29 is 24.0 Å². The number of carbonyl (C=O) groups is 5. The van der Waals surface area contributed by atoms with Crippen molar-refractivity contribution in [2.24, 2.45) is 34.8 Å². The number of nitrogens with one attached hydrogen (secondary N) is 4. The molecule has 2 saturated carbocycles. The molecule has 3 fully saturated rings. The minimum Gasteiger partial charge on any atom is -0.363 e. The van der Waals surface area contributed by atoms with E-state index in [9.17, 15) is 24.0 Å². The van der Waals surface area contributed by atoms with Gasteiger partial charge in [-0.3, -0.25) is 19.2 Å². The molecule has 0 aromatic rings. The molecular weight excluding hydrogens is 604 g/mol. The summed E-state index contributed by atoms with van der Waals surface area (Å²) >= 11 is 4.29. The fourth-order valence-corrected chi connectivity index (χ4v) is 7.32. The second-order valence-electron chi connectivity index (χ2n) is 15.2. The molecule has 3 rings (SSSR count). The normalized spacial score (nSPS) is 22.6. The molecule has 0 aromatic heterocycles. The van der Waals surface area contributed by atoms with E-state index in [1.807, 2.05) is 34.6 Å². The summed E-state index contributed by atoms with van der Waals surface area (Å²) in [4.78, 5) is 67.8. The molecule has 262 valence electrons. The quantitative estimate of drug-likeness (QED) is 0.0795. The van der Waals surface area contributed by atoms with Gasteiger partial charge in [0.25, 0.3) is 5.91 Å². The Morgan fingerprint density at radius 2 is 1.59 bits per heavy atom. The van der Waals surface area contributed by atoms with Crippen molar-refractivity contribution in [1.82, 2.24) is 26.2 Å². The molecule has 0 aromatic carbocycles. The van der Waals surface area contributed by atoms with Gasteiger partial charge in [-0.25, -0.2) is 4.79 Å². The number of carbonyl (C=O) groups excluding carboxylic acids is 5. The van der Waals surface area contributed by atoms with E-state index in [1.54, 1.807) is 4.90 Å². The molecule has 0 radical (unpaired) electrons. The van der Waals surface area contributed by atoms with Crippen LogP contribution in [0, 0.1) is 29.1 Å². The molecule has 2 aliphatic carbocycles. The van der Waals surface area contributed by atoms with E-state index < -0.39 is 47.2 Å². The van der Waals surface area contributed by atoms with E-state index in [1.165, 1.54) is 6.42 Å². The topological polar surface area (TPSA) is 163 Å². The van der Waals surface area contributed by atoms with Crippen molar-refractivity contribution in [3.8, 4) is 0 Å². The Labute approximate surface area is 281 Å². The Hall–Kier alpha value is -2.34. The van der Waals surface area contributed by atoms with Crippen LogP contribution >= 0.6 is 12.6 Å².